The molecule has 0 spiro atoms. The molecule has 1 unspecified atom stereocenters. The SMILES string of the molecule is CCCSc1nc2n(n1)C(c1ccccc1OCc1ccccc1)C(C(=O)Nc1ccccc1OC)=C(C)N2. The van der Waals surface area contributed by atoms with Gasteiger partial charge in [-0.1, -0.05) is 79.3 Å². The van der Waals surface area contributed by atoms with Crippen LogP contribution in [0.3, 0.4) is 0 Å². The summed E-state index contributed by atoms with van der Waals surface area (Å²) in [5, 5.41) is 11.8. The predicted octanol–water partition coefficient (Wildman–Crippen LogP) is 6.30. The fourth-order valence-electron chi connectivity index (χ4n) is 4.48. The summed E-state index contributed by atoms with van der Waals surface area (Å²) in [6.45, 7) is 4.40. The van der Waals surface area contributed by atoms with E-state index in [1.807, 2.05) is 85.8 Å². The minimum atomic E-state index is -0.564. The van der Waals surface area contributed by atoms with Gasteiger partial charge in [0.1, 0.15) is 24.1 Å². The number of hydrogen-bond acceptors (Lipinski definition) is 7. The summed E-state index contributed by atoms with van der Waals surface area (Å²) >= 11 is 1.59. The van der Waals surface area contributed by atoms with Crippen LogP contribution < -0.4 is 20.1 Å². The van der Waals surface area contributed by atoms with Crippen molar-refractivity contribution in [2.45, 2.75) is 38.1 Å². The highest BCUT2D eigenvalue weighted by Crippen LogP contribution is 2.40. The molecule has 5 rings (SSSR count). The van der Waals surface area contributed by atoms with Gasteiger partial charge < -0.3 is 20.1 Å². The molecule has 200 valence electrons. The molecule has 4 aromatic rings. The van der Waals surface area contributed by atoms with Crippen molar-refractivity contribution in [3.05, 3.63) is 101 Å². The van der Waals surface area contributed by atoms with Gasteiger partial charge in [-0.05, 0) is 37.1 Å². The molecule has 0 bridgehead atoms. The molecule has 0 saturated heterocycles. The number of anilines is 2. The number of ether oxygens (including phenoxy) is 2. The third kappa shape index (κ3) is 5.78. The van der Waals surface area contributed by atoms with Crippen LogP contribution in [0.2, 0.25) is 0 Å². The molecule has 3 aromatic carbocycles. The summed E-state index contributed by atoms with van der Waals surface area (Å²) in [4.78, 5) is 18.7. The Morgan fingerprint density at radius 1 is 1.03 bits per heavy atom. The Hall–Kier alpha value is -4.24. The van der Waals surface area contributed by atoms with Crippen molar-refractivity contribution in [3.63, 3.8) is 0 Å². The van der Waals surface area contributed by atoms with Crippen LogP contribution >= 0.6 is 11.8 Å². The van der Waals surface area contributed by atoms with E-state index in [1.165, 1.54) is 0 Å². The highest BCUT2D eigenvalue weighted by molar-refractivity contribution is 7.99. The molecule has 8 nitrogen and oxygen atoms in total. The number of carbonyl (C=O) groups excluding carboxylic acids is 1. The van der Waals surface area contributed by atoms with Gasteiger partial charge in [0.2, 0.25) is 11.1 Å². The van der Waals surface area contributed by atoms with E-state index in [0.29, 0.717) is 46.2 Å². The molecular formula is C30H31N5O3S. The first-order valence-corrected chi connectivity index (χ1v) is 13.8. The lowest BCUT2D eigenvalue weighted by atomic mass is 9.94. The van der Waals surface area contributed by atoms with E-state index in [4.69, 9.17) is 19.6 Å². The second kappa shape index (κ2) is 12.1. The quantitative estimate of drug-likeness (QED) is 0.228. The van der Waals surface area contributed by atoms with Crippen LogP contribution in [-0.4, -0.2) is 33.5 Å². The van der Waals surface area contributed by atoms with Crippen LogP contribution in [0.5, 0.6) is 11.5 Å². The molecule has 39 heavy (non-hydrogen) atoms. The van der Waals surface area contributed by atoms with Crippen molar-refractivity contribution in [3.8, 4) is 11.5 Å². The normalized spacial score (nSPS) is 14.4. The zero-order chi connectivity index (χ0) is 27.2. The standard InChI is InChI=1S/C30H31N5O3S/c1-4-18-39-30-33-29-31-20(2)26(28(36)32-23-15-9-11-17-25(23)37-3)27(35(29)34-30)22-14-8-10-16-24(22)38-19-21-12-6-5-7-13-21/h5-17,27H,4,18-19H2,1-3H3,(H,32,36)(H,31,33,34). The maximum Gasteiger partial charge on any atom is 0.255 e. The van der Waals surface area contributed by atoms with Crippen molar-refractivity contribution in [1.29, 1.82) is 0 Å². The number of benzene rings is 3. The molecule has 1 amide bonds. The van der Waals surface area contributed by atoms with Crippen LogP contribution in [0.25, 0.3) is 0 Å². The topological polar surface area (TPSA) is 90.3 Å². The first-order valence-electron chi connectivity index (χ1n) is 12.9. The van der Waals surface area contributed by atoms with E-state index in [2.05, 4.69) is 17.6 Å². The lowest BCUT2D eigenvalue weighted by Crippen LogP contribution is -2.31. The highest BCUT2D eigenvalue weighted by atomic mass is 32.2. The maximum atomic E-state index is 13.9. The summed E-state index contributed by atoms with van der Waals surface area (Å²) in [5.41, 5.74) is 3.66. The number of carbonyl (C=O) groups is 1. The average Bonchev–Trinajstić information content (AvgIpc) is 3.37. The lowest BCUT2D eigenvalue weighted by Gasteiger charge is -2.29. The van der Waals surface area contributed by atoms with Gasteiger partial charge in [0, 0.05) is 17.0 Å². The van der Waals surface area contributed by atoms with Gasteiger partial charge >= 0.3 is 0 Å². The van der Waals surface area contributed by atoms with Crippen LogP contribution in [0.4, 0.5) is 11.6 Å². The van der Waals surface area contributed by atoms with Crippen molar-refractivity contribution >= 4 is 29.3 Å². The summed E-state index contributed by atoms with van der Waals surface area (Å²) in [6.07, 6.45) is 1.01. The van der Waals surface area contributed by atoms with Gasteiger partial charge in [0.15, 0.2) is 0 Å². The smallest absolute Gasteiger partial charge is 0.255 e. The second-order valence-electron chi connectivity index (χ2n) is 9.04. The van der Waals surface area contributed by atoms with E-state index >= 15 is 0 Å². The van der Waals surface area contributed by atoms with E-state index in [9.17, 15) is 4.79 Å². The van der Waals surface area contributed by atoms with Crippen molar-refractivity contribution < 1.29 is 14.3 Å². The van der Waals surface area contributed by atoms with E-state index in [-0.39, 0.29) is 5.91 Å². The monoisotopic (exact) mass is 541 g/mol. The number of thioether (sulfide) groups is 1. The van der Waals surface area contributed by atoms with Crippen LogP contribution in [0, 0.1) is 0 Å². The Morgan fingerprint density at radius 2 is 1.74 bits per heavy atom. The van der Waals surface area contributed by atoms with Crippen molar-refractivity contribution in [2.24, 2.45) is 0 Å². The fourth-order valence-corrected chi connectivity index (χ4v) is 5.16. The summed E-state index contributed by atoms with van der Waals surface area (Å²) < 4.78 is 13.6. The average molecular weight is 542 g/mol. The summed E-state index contributed by atoms with van der Waals surface area (Å²) in [6, 6.07) is 24.6. The van der Waals surface area contributed by atoms with Crippen LogP contribution in [0.15, 0.2) is 95.3 Å². The molecule has 1 aromatic heterocycles. The Bertz CT molecular complexity index is 1480. The molecule has 0 aliphatic carbocycles. The van der Waals surface area contributed by atoms with Gasteiger partial charge in [-0.2, -0.15) is 4.98 Å². The summed E-state index contributed by atoms with van der Waals surface area (Å²) in [7, 11) is 1.58. The molecular weight excluding hydrogens is 510 g/mol. The van der Waals surface area contributed by atoms with Gasteiger partial charge in [0.05, 0.1) is 18.4 Å². The molecule has 2 N–H and O–H groups in total. The van der Waals surface area contributed by atoms with Crippen LogP contribution in [-0.2, 0) is 11.4 Å². The number of methoxy groups -OCH3 is 1. The Balaban J connectivity index is 1.56. The van der Waals surface area contributed by atoms with Gasteiger partial charge in [-0.25, -0.2) is 4.68 Å². The van der Waals surface area contributed by atoms with Gasteiger partial charge in [-0.15, -0.1) is 5.10 Å². The largest absolute Gasteiger partial charge is 0.495 e. The van der Waals surface area contributed by atoms with Crippen LogP contribution in [0.1, 0.15) is 37.4 Å². The molecule has 1 aliphatic rings. The van der Waals surface area contributed by atoms with E-state index in [1.54, 1.807) is 23.6 Å². The first kappa shape index (κ1) is 26.4. The molecule has 9 heteroatoms. The molecule has 0 radical (unpaired) electrons. The number of allylic oxidation sites excluding steroid dienone is 1. The minimum Gasteiger partial charge on any atom is -0.495 e. The Morgan fingerprint density at radius 3 is 2.51 bits per heavy atom. The first-order chi connectivity index (χ1) is 19.1. The molecule has 2 heterocycles. The predicted molar refractivity (Wildman–Crippen MR) is 154 cm³/mol. The molecule has 1 atom stereocenters. The number of amides is 1. The molecule has 1 aliphatic heterocycles. The number of nitrogens with zero attached hydrogens (tertiary/aromatic N) is 3. The summed E-state index contributed by atoms with van der Waals surface area (Å²) in [5.74, 6) is 2.47. The second-order valence-corrected chi connectivity index (χ2v) is 10.1. The lowest BCUT2D eigenvalue weighted by molar-refractivity contribution is -0.113. The number of rotatable bonds is 10. The number of fused-ring (bicyclic) bond motifs is 1. The zero-order valence-corrected chi connectivity index (χ0v) is 23.0. The number of aromatic nitrogens is 3. The highest BCUT2D eigenvalue weighted by Gasteiger charge is 2.36. The minimum absolute atomic E-state index is 0.267. The zero-order valence-electron chi connectivity index (χ0n) is 22.2. The fraction of sp³-hybridized carbons (Fsp3) is 0.233. The van der Waals surface area contributed by atoms with Crippen molar-refractivity contribution in [2.75, 3.05) is 23.5 Å². The molecule has 0 saturated carbocycles. The van der Waals surface area contributed by atoms with Gasteiger partial charge in [-0.3, -0.25) is 4.79 Å². The van der Waals surface area contributed by atoms with Gasteiger partial charge in [0.25, 0.3) is 5.91 Å². The Kier molecular flexibility index (Phi) is 8.17. The van der Waals surface area contributed by atoms with E-state index in [0.717, 1.165) is 23.3 Å². The molecule has 0 fully saturated rings. The Labute approximate surface area is 232 Å². The van der Waals surface area contributed by atoms with Crippen molar-refractivity contribution in [1.82, 2.24) is 14.8 Å². The third-order valence-corrected chi connectivity index (χ3v) is 7.36. The number of hydrogen-bond donors (Lipinski definition) is 2. The van der Waals surface area contributed by atoms with E-state index < -0.39 is 6.04 Å². The maximum absolute atomic E-state index is 13.9. The number of nitrogens with one attached hydrogen (secondary N) is 2. The third-order valence-electron chi connectivity index (χ3n) is 6.32. The number of para-hydroxylation sites is 3.